The summed E-state index contributed by atoms with van der Waals surface area (Å²) in [4.78, 5) is 0. The minimum atomic E-state index is -3.73. The van der Waals surface area contributed by atoms with E-state index >= 15 is 0 Å². The highest BCUT2D eigenvalue weighted by atomic mass is 31.2. The molecule has 176 valence electrons. The van der Waals surface area contributed by atoms with Crippen LogP contribution in [0.3, 0.4) is 0 Å². The molecule has 2 atom stereocenters. The van der Waals surface area contributed by atoms with E-state index < -0.39 is 28.3 Å². The lowest BCUT2D eigenvalue weighted by atomic mass is 10.2. The zero-order valence-electron chi connectivity index (χ0n) is 20.1. The van der Waals surface area contributed by atoms with Gasteiger partial charge in [0, 0.05) is 0 Å². The maximum absolute atomic E-state index is 13.0. The lowest BCUT2D eigenvalue weighted by Gasteiger charge is -2.45. The van der Waals surface area contributed by atoms with Gasteiger partial charge in [0.1, 0.15) is 6.10 Å². The molecule has 2 rings (SSSR count). The van der Waals surface area contributed by atoms with Crippen LogP contribution in [0, 0.1) is 0 Å². The van der Waals surface area contributed by atoms with Crippen LogP contribution in [-0.2, 0) is 22.6 Å². The van der Waals surface area contributed by atoms with Crippen molar-refractivity contribution < 1.29 is 22.6 Å². The van der Waals surface area contributed by atoms with Gasteiger partial charge in [-0.3, -0.25) is 13.6 Å². The van der Waals surface area contributed by atoms with Crippen molar-refractivity contribution in [2.75, 3.05) is 13.2 Å². The van der Waals surface area contributed by atoms with E-state index in [0.717, 1.165) is 10.4 Å². The Kier molecular flexibility index (Phi) is 9.64. The van der Waals surface area contributed by atoms with Gasteiger partial charge in [-0.1, -0.05) is 87.5 Å². The smallest absolute Gasteiger partial charge is 0.402 e. The summed E-state index contributed by atoms with van der Waals surface area (Å²) in [7, 11) is -6.53. The predicted octanol–water partition coefficient (Wildman–Crippen LogP) is 5.70. The van der Waals surface area contributed by atoms with E-state index in [1.165, 1.54) is 0 Å². The normalized spacial score (nSPS) is 14.7. The van der Waals surface area contributed by atoms with E-state index in [0.29, 0.717) is 0 Å². The molecular formula is C25H37O5PSi. The highest BCUT2D eigenvalue weighted by molar-refractivity contribution is 7.48. The Morgan fingerprint density at radius 1 is 0.938 bits per heavy atom. The molecule has 0 radical (unpaired) electrons. The molecule has 0 heterocycles. The number of phosphoric ester groups is 1. The molecule has 7 heteroatoms. The summed E-state index contributed by atoms with van der Waals surface area (Å²) in [6.45, 7) is 16.4. The topological polar surface area (TPSA) is 54.0 Å². The second-order valence-electron chi connectivity index (χ2n) is 8.57. The Morgan fingerprint density at radius 3 is 1.72 bits per heavy atom. The van der Waals surface area contributed by atoms with Gasteiger partial charge in [-0.2, -0.15) is 0 Å². The summed E-state index contributed by atoms with van der Waals surface area (Å²) >= 11 is 0. The van der Waals surface area contributed by atoms with E-state index in [1.807, 2.05) is 43.3 Å². The zero-order valence-corrected chi connectivity index (χ0v) is 22.0. The van der Waals surface area contributed by atoms with Crippen molar-refractivity contribution in [2.24, 2.45) is 0 Å². The maximum atomic E-state index is 13.0. The molecule has 0 bridgehead atoms. The first-order chi connectivity index (χ1) is 15.1. The molecule has 0 aliphatic heterocycles. The molecule has 0 spiro atoms. The fourth-order valence-corrected chi connectivity index (χ4v) is 10.0. The third kappa shape index (κ3) is 6.07. The Hall–Kier alpha value is -1.53. The van der Waals surface area contributed by atoms with Crippen molar-refractivity contribution in [3.05, 3.63) is 73.3 Å². The van der Waals surface area contributed by atoms with E-state index in [-0.39, 0.29) is 18.3 Å². The average Bonchev–Trinajstić information content (AvgIpc) is 2.76. The van der Waals surface area contributed by atoms with Crippen LogP contribution in [-0.4, -0.2) is 33.7 Å². The van der Waals surface area contributed by atoms with Crippen molar-refractivity contribution in [3.63, 3.8) is 0 Å². The van der Waals surface area contributed by atoms with Crippen LogP contribution in [0.25, 0.3) is 0 Å². The molecular weight excluding hydrogens is 439 g/mol. The quantitative estimate of drug-likeness (QED) is 0.223. The Labute approximate surface area is 194 Å². The summed E-state index contributed by atoms with van der Waals surface area (Å²) in [6.07, 6.45) is 0.473. The Balaban J connectivity index is 2.53. The van der Waals surface area contributed by atoms with Gasteiger partial charge in [0.15, 0.2) is 0 Å². The number of rotatable bonds is 12. The molecule has 0 aliphatic rings. The standard InChI is InChI=1S/C25H37O5PSi/c1-8-24(29-31(26,27-9-2)28-10-3)21(4)30-32(25(5,6)7,22-17-13-11-14-18-22)23-19-15-12-16-20-23/h8,11-21,24H,1,9-10H2,2-7H3/t21-,24+/m0/s1. The molecule has 0 amide bonds. The first kappa shape index (κ1) is 26.7. The molecule has 0 saturated heterocycles. The lowest BCUT2D eigenvalue weighted by molar-refractivity contribution is 0.0422. The van der Waals surface area contributed by atoms with Crippen LogP contribution in [0.15, 0.2) is 73.3 Å². The van der Waals surface area contributed by atoms with Crippen molar-refractivity contribution in [3.8, 4) is 0 Å². The lowest BCUT2D eigenvalue weighted by Crippen LogP contribution is -2.68. The van der Waals surface area contributed by atoms with Crippen LogP contribution in [0.1, 0.15) is 41.5 Å². The molecule has 2 aromatic carbocycles. The summed E-state index contributed by atoms with van der Waals surface area (Å²) in [6, 6.07) is 20.7. The van der Waals surface area contributed by atoms with Gasteiger partial charge in [-0.15, -0.1) is 6.58 Å². The molecule has 0 N–H and O–H groups in total. The van der Waals surface area contributed by atoms with Gasteiger partial charge in [0.05, 0.1) is 19.3 Å². The second-order valence-corrected chi connectivity index (χ2v) is 14.4. The molecule has 32 heavy (non-hydrogen) atoms. The van der Waals surface area contributed by atoms with E-state index in [9.17, 15) is 4.57 Å². The molecule has 5 nitrogen and oxygen atoms in total. The molecule has 0 saturated carbocycles. The van der Waals surface area contributed by atoms with E-state index in [4.69, 9.17) is 18.0 Å². The maximum Gasteiger partial charge on any atom is 0.475 e. The van der Waals surface area contributed by atoms with Crippen molar-refractivity contribution in [2.45, 2.75) is 58.8 Å². The van der Waals surface area contributed by atoms with Crippen molar-refractivity contribution in [1.82, 2.24) is 0 Å². The number of hydrogen-bond donors (Lipinski definition) is 0. The minimum absolute atomic E-state index is 0.195. The fraction of sp³-hybridized carbons (Fsp3) is 0.440. The monoisotopic (exact) mass is 476 g/mol. The first-order valence-electron chi connectivity index (χ1n) is 11.1. The van der Waals surface area contributed by atoms with Crippen molar-refractivity contribution in [1.29, 1.82) is 0 Å². The van der Waals surface area contributed by atoms with Crippen LogP contribution >= 0.6 is 7.82 Å². The van der Waals surface area contributed by atoms with Crippen molar-refractivity contribution >= 4 is 26.5 Å². The van der Waals surface area contributed by atoms with E-state index in [2.05, 4.69) is 51.6 Å². The van der Waals surface area contributed by atoms with Crippen LogP contribution in [0.5, 0.6) is 0 Å². The highest BCUT2D eigenvalue weighted by Gasteiger charge is 2.52. The van der Waals surface area contributed by atoms with Gasteiger partial charge in [-0.05, 0) is 36.2 Å². The highest BCUT2D eigenvalue weighted by Crippen LogP contribution is 2.51. The van der Waals surface area contributed by atoms with Crippen LogP contribution in [0.2, 0.25) is 5.04 Å². The summed E-state index contributed by atoms with van der Waals surface area (Å²) in [5, 5.41) is 2.12. The number of hydrogen-bond acceptors (Lipinski definition) is 5. The fourth-order valence-electron chi connectivity index (χ4n) is 3.92. The third-order valence-electron chi connectivity index (χ3n) is 5.30. The molecule has 0 aromatic heterocycles. The van der Waals surface area contributed by atoms with E-state index in [1.54, 1.807) is 19.9 Å². The minimum Gasteiger partial charge on any atom is -0.402 e. The van der Waals surface area contributed by atoms with Gasteiger partial charge in [-0.25, -0.2) is 4.57 Å². The number of benzene rings is 2. The predicted molar refractivity (Wildman–Crippen MR) is 134 cm³/mol. The largest absolute Gasteiger partial charge is 0.475 e. The summed E-state index contributed by atoms with van der Waals surface area (Å²) in [5.41, 5.74) is 0. The molecule has 0 fully saturated rings. The summed E-state index contributed by atoms with van der Waals surface area (Å²) < 4.78 is 36.6. The first-order valence-corrected chi connectivity index (χ1v) is 14.5. The Morgan fingerprint density at radius 2 is 1.38 bits per heavy atom. The van der Waals surface area contributed by atoms with Crippen LogP contribution in [0.4, 0.5) is 0 Å². The van der Waals surface area contributed by atoms with Gasteiger partial charge in [0.2, 0.25) is 0 Å². The van der Waals surface area contributed by atoms with Crippen LogP contribution < -0.4 is 10.4 Å². The molecule has 0 aliphatic carbocycles. The molecule has 0 unspecified atom stereocenters. The van der Waals surface area contributed by atoms with Gasteiger partial charge >= 0.3 is 7.82 Å². The third-order valence-corrected chi connectivity index (χ3v) is 12.1. The van der Waals surface area contributed by atoms with Gasteiger partial charge in [0.25, 0.3) is 8.32 Å². The molecule has 2 aromatic rings. The van der Waals surface area contributed by atoms with Gasteiger partial charge < -0.3 is 4.43 Å². The zero-order chi connectivity index (χ0) is 23.8. The number of phosphoric acid groups is 1. The SMILES string of the molecule is C=C[C@@H](OP(=O)(OCC)OCC)[C@H](C)O[Si](c1ccccc1)(c1ccccc1)C(C)(C)C. The summed E-state index contributed by atoms with van der Waals surface area (Å²) in [5.74, 6) is 0. The second kappa shape index (κ2) is 11.6. The average molecular weight is 477 g/mol. The Bertz CT molecular complexity index is 833.